The highest BCUT2D eigenvalue weighted by Crippen LogP contribution is 2.18. The van der Waals surface area contributed by atoms with Gasteiger partial charge in [-0.15, -0.1) is 0 Å². The predicted octanol–water partition coefficient (Wildman–Crippen LogP) is 1.77. The van der Waals surface area contributed by atoms with Crippen LogP contribution in [0.2, 0.25) is 0 Å². The van der Waals surface area contributed by atoms with Crippen LogP contribution in [0.4, 0.5) is 5.69 Å². The van der Waals surface area contributed by atoms with E-state index in [1.165, 1.54) is 0 Å². The molecule has 0 atom stereocenters. The first-order chi connectivity index (χ1) is 7.55. The molecule has 0 bridgehead atoms. The van der Waals surface area contributed by atoms with E-state index in [4.69, 9.17) is 5.73 Å². The molecule has 6 heteroatoms. The number of hydrogen-bond acceptors (Lipinski definition) is 3. The van der Waals surface area contributed by atoms with Gasteiger partial charge in [0.15, 0.2) is 0 Å². The average Bonchev–Trinajstić information content (AvgIpc) is 2.21. The van der Waals surface area contributed by atoms with Crippen LogP contribution in [0.25, 0.3) is 0 Å². The first-order valence-electron chi connectivity index (χ1n) is 5.00. The normalized spacial score (nSPS) is 11.4. The van der Waals surface area contributed by atoms with Crippen molar-refractivity contribution in [2.45, 2.75) is 12.8 Å². The van der Waals surface area contributed by atoms with Gasteiger partial charge in [0, 0.05) is 3.57 Å². The van der Waals surface area contributed by atoms with E-state index < -0.39 is 10.0 Å². The summed E-state index contributed by atoms with van der Waals surface area (Å²) in [6.07, 6.45) is 1.32. The number of benzene rings is 1. The van der Waals surface area contributed by atoms with Crippen molar-refractivity contribution in [3.63, 3.8) is 0 Å². The smallest absolute Gasteiger partial charge is 0.232 e. The van der Waals surface area contributed by atoms with Crippen molar-refractivity contribution < 1.29 is 8.42 Å². The molecule has 0 saturated carbocycles. The lowest BCUT2D eigenvalue weighted by atomic mass is 10.3. The maximum Gasteiger partial charge on any atom is 0.232 e. The monoisotopic (exact) mass is 354 g/mol. The molecule has 0 unspecified atom stereocenters. The highest BCUT2D eigenvalue weighted by molar-refractivity contribution is 14.1. The van der Waals surface area contributed by atoms with Crippen molar-refractivity contribution in [3.8, 4) is 0 Å². The van der Waals surface area contributed by atoms with E-state index in [0.29, 0.717) is 18.7 Å². The minimum absolute atomic E-state index is 0.120. The fourth-order valence-corrected chi connectivity index (χ4v) is 3.10. The van der Waals surface area contributed by atoms with Gasteiger partial charge >= 0.3 is 0 Å². The lowest BCUT2D eigenvalue weighted by Crippen LogP contribution is -2.18. The standard InChI is InChI=1S/C10H15IN2O2S/c11-9-5-1-2-6-10(9)13-16(14,15)8-4-3-7-12/h1-2,5-6,13H,3-4,7-8,12H2. The van der Waals surface area contributed by atoms with E-state index in [1.807, 2.05) is 12.1 Å². The quantitative estimate of drug-likeness (QED) is 0.604. The third kappa shape index (κ3) is 4.67. The van der Waals surface area contributed by atoms with Crippen molar-refractivity contribution in [3.05, 3.63) is 27.8 Å². The lowest BCUT2D eigenvalue weighted by Gasteiger charge is -2.09. The van der Waals surface area contributed by atoms with Crippen molar-refractivity contribution in [1.29, 1.82) is 0 Å². The van der Waals surface area contributed by atoms with Crippen LogP contribution in [0.15, 0.2) is 24.3 Å². The van der Waals surface area contributed by atoms with Crippen LogP contribution < -0.4 is 10.5 Å². The molecule has 16 heavy (non-hydrogen) atoms. The lowest BCUT2D eigenvalue weighted by molar-refractivity contribution is 0.597. The van der Waals surface area contributed by atoms with Gasteiger partial charge in [0.1, 0.15) is 0 Å². The molecule has 0 saturated heterocycles. The summed E-state index contributed by atoms with van der Waals surface area (Å²) in [5, 5.41) is 0. The summed E-state index contributed by atoms with van der Waals surface area (Å²) in [5.74, 6) is 0.120. The molecule has 0 aromatic heterocycles. The topological polar surface area (TPSA) is 72.2 Å². The van der Waals surface area contributed by atoms with Crippen molar-refractivity contribution >= 4 is 38.3 Å². The molecule has 0 aliphatic heterocycles. The molecule has 0 aliphatic carbocycles. The largest absolute Gasteiger partial charge is 0.330 e. The Balaban J connectivity index is 2.63. The Morgan fingerprint density at radius 2 is 1.94 bits per heavy atom. The Morgan fingerprint density at radius 1 is 1.25 bits per heavy atom. The van der Waals surface area contributed by atoms with Gasteiger partial charge in [-0.05, 0) is 54.1 Å². The maximum absolute atomic E-state index is 11.7. The van der Waals surface area contributed by atoms with Crippen molar-refractivity contribution in [1.82, 2.24) is 0 Å². The van der Waals surface area contributed by atoms with Crippen LogP contribution in [-0.2, 0) is 10.0 Å². The van der Waals surface area contributed by atoms with Gasteiger partial charge in [0.05, 0.1) is 11.4 Å². The van der Waals surface area contributed by atoms with Crippen molar-refractivity contribution in [2.24, 2.45) is 5.73 Å². The van der Waals surface area contributed by atoms with Crippen LogP contribution in [0.5, 0.6) is 0 Å². The van der Waals surface area contributed by atoms with Crippen LogP contribution >= 0.6 is 22.6 Å². The minimum atomic E-state index is -3.24. The first-order valence-corrected chi connectivity index (χ1v) is 7.73. The molecule has 1 aromatic carbocycles. The van der Waals surface area contributed by atoms with E-state index in [2.05, 4.69) is 27.3 Å². The summed E-state index contributed by atoms with van der Waals surface area (Å²) in [4.78, 5) is 0. The fourth-order valence-electron chi connectivity index (χ4n) is 1.20. The van der Waals surface area contributed by atoms with Gasteiger partial charge in [0.25, 0.3) is 0 Å². The van der Waals surface area contributed by atoms with Gasteiger partial charge in [0.2, 0.25) is 10.0 Å². The molecule has 0 spiro atoms. The Morgan fingerprint density at radius 3 is 2.56 bits per heavy atom. The number of hydrogen-bond donors (Lipinski definition) is 2. The number of unbranched alkanes of at least 4 members (excludes halogenated alkanes) is 1. The third-order valence-corrected chi connectivity index (χ3v) is 4.30. The molecular formula is C10H15IN2O2S. The van der Waals surface area contributed by atoms with Crippen molar-refractivity contribution in [2.75, 3.05) is 17.0 Å². The van der Waals surface area contributed by atoms with Gasteiger partial charge < -0.3 is 5.73 Å². The predicted molar refractivity (Wildman–Crippen MR) is 74.9 cm³/mol. The summed E-state index contributed by atoms with van der Waals surface area (Å²) in [6.45, 7) is 0.526. The number of nitrogens with one attached hydrogen (secondary N) is 1. The molecule has 1 aromatic rings. The van der Waals surface area contributed by atoms with Gasteiger partial charge in [-0.3, -0.25) is 4.72 Å². The van der Waals surface area contributed by atoms with E-state index in [0.717, 1.165) is 9.99 Å². The fraction of sp³-hybridized carbons (Fsp3) is 0.400. The average molecular weight is 354 g/mol. The first kappa shape index (κ1) is 13.7. The molecule has 0 radical (unpaired) electrons. The third-order valence-electron chi connectivity index (χ3n) is 2.01. The van der Waals surface area contributed by atoms with E-state index in [1.54, 1.807) is 12.1 Å². The van der Waals surface area contributed by atoms with E-state index in [-0.39, 0.29) is 5.75 Å². The molecule has 1 rings (SSSR count). The summed E-state index contributed by atoms with van der Waals surface area (Å²) in [6, 6.07) is 7.29. The summed E-state index contributed by atoms with van der Waals surface area (Å²) in [7, 11) is -3.24. The minimum Gasteiger partial charge on any atom is -0.330 e. The number of nitrogens with two attached hydrogens (primary N) is 1. The molecule has 0 aliphatic rings. The van der Waals surface area contributed by atoms with Crippen LogP contribution in [0.1, 0.15) is 12.8 Å². The zero-order valence-corrected chi connectivity index (χ0v) is 11.8. The number of sulfonamides is 1. The zero-order valence-electron chi connectivity index (χ0n) is 8.82. The molecule has 0 heterocycles. The Bertz CT molecular complexity index is 434. The Hall–Kier alpha value is -0.340. The molecule has 0 amide bonds. The number of para-hydroxylation sites is 1. The second-order valence-corrected chi connectivity index (χ2v) is 6.40. The second kappa shape index (κ2) is 6.41. The Kier molecular flexibility index (Phi) is 5.50. The molecule has 4 nitrogen and oxygen atoms in total. The molecule has 3 N–H and O–H groups in total. The van der Waals surface area contributed by atoms with E-state index >= 15 is 0 Å². The van der Waals surface area contributed by atoms with Gasteiger partial charge in [-0.25, -0.2) is 8.42 Å². The highest BCUT2D eigenvalue weighted by atomic mass is 127. The number of halogens is 1. The highest BCUT2D eigenvalue weighted by Gasteiger charge is 2.11. The molecule has 90 valence electrons. The number of anilines is 1. The van der Waals surface area contributed by atoms with E-state index in [9.17, 15) is 8.42 Å². The maximum atomic E-state index is 11.7. The SMILES string of the molecule is NCCCCS(=O)(=O)Nc1ccccc1I. The Labute approximate surface area is 110 Å². The van der Waals surface area contributed by atoms with Gasteiger partial charge in [-0.1, -0.05) is 12.1 Å². The van der Waals surface area contributed by atoms with Crippen LogP contribution in [0, 0.1) is 3.57 Å². The second-order valence-electron chi connectivity index (χ2n) is 3.40. The summed E-state index contributed by atoms with van der Waals surface area (Å²) >= 11 is 2.10. The summed E-state index contributed by atoms with van der Waals surface area (Å²) in [5.41, 5.74) is 5.95. The van der Waals surface area contributed by atoms with Crippen LogP contribution in [0.3, 0.4) is 0 Å². The van der Waals surface area contributed by atoms with Gasteiger partial charge in [-0.2, -0.15) is 0 Å². The summed E-state index contributed by atoms with van der Waals surface area (Å²) < 4.78 is 26.8. The number of rotatable bonds is 6. The zero-order chi connectivity index (χ0) is 12.0. The van der Waals surface area contributed by atoms with Crippen LogP contribution in [-0.4, -0.2) is 20.7 Å². The molecule has 0 fully saturated rings. The molecular weight excluding hydrogens is 339 g/mol.